The van der Waals surface area contributed by atoms with Crippen LogP contribution >= 0.6 is 0 Å². The molecule has 0 unspecified atom stereocenters. The van der Waals surface area contributed by atoms with Gasteiger partial charge in [-0.2, -0.15) is 0 Å². The molecule has 4 rings (SSSR count). The first-order valence-electron chi connectivity index (χ1n) is 26.2. The summed E-state index contributed by atoms with van der Waals surface area (Å²) in [6, 6.07) is -1.17. The van der Waals surface area contributed by atoms with E-state index in [2.05, 4.69) is 0 Å². The van der Waals surface area contributed by atoms with Gasteiger partial charge in [0.15, 0.2) is 5.78 Å². The minimum absolute atomic E-state index is 0.00505. The molecule has 17 heteroatoms. The summed E-state index contributed by atoms with van der Waals surface area (Å²) < 4.78 is 59.2. The standard InChI is InChI=1S/C55H87NO15S/c1-34-18-13-12-14-19-35(2)46(66-8)32-42-23-21-40(7)55(63,71-42)52(60)53(61)56-25-16-15-20-43(56)54(62)70-47(33-44(57)36(3)29-39(6)50(59)51(68-10)49(58)38(5)28-34)37(4)30-41-22-24-45(48(31-41)67-9)69-26-17-27-72(11,64)65/h12-14,18-19,29,34,36-38,40-43,45-48,50-51,59,63H,15-17,20-28,30-33H2,1-11H3/b14-12+,18-13+,35-19+,39-29+/t34-,36-,37-,38-,40-,41+,42+,43+,45-,46+,47+,48-,50-,51+,55-/m1/s1. The Morgan fingerprint density at radius 3 is 2.25 bits per heavy atom. The number of fused-ring (bicyclic) bond motifs is 3. The quantitative estimate of drug-likeness (QED) is 0.0960. The molecule has 16 nitrogen and oxygen atoms in total. The highest BCUT2D eigenvalue weighted by molar-refractivity contribution is 7.90. The normalized spacial score (nSPS) is 37.9. The zero-order chi connectivity index (χ0) is 53.5. The summed E-state index contributed by atoms with van der Waals surface area (Å²) in [5, 5.41) is 23.5. The Kier molecular flexibility index (Phi) is 24.2. The molecule has 408 valence electrons. The molecule has 3 fully saturated rings. The molecule has 1 aliphatic carbocycles. The molecule has 1 saturated carbocycles. The summed E-state index contributed by atoms with van der Waals surface area (Å²) in [6.07, 6.45) is 13.1. The first-order chi connectivity index (χ1) is 33.9. The highest BCUT2D eigenvalue weighted by atomic mass is 32.2. The van der Waals surface area contributed by atoms with Crippen LogP contribution in [0.2, 0.25) is 0 Å². The molecule has 0 aromatic rings. The number of rotatable bonds is 11. The summed E-state index contributed by atoms with van der Waals surface area (Å²) >= 11 is 0. The maximum Gasteiger partial charge on any atom is 0.329 e. The summed E-state index contributed by atoms with van der Waals surface area (Å²) in [5.41, 5.74) is 1.24. The van der Waals surface area contributed by atoms with Gasteiger partial charge < -0.3 is 43.5 Å². The first-order valence-corrected chi connectivity index (χ1v) is 28.3. The SMILES string of the molecule is CO[C@H]1C[C@@H]2CC[C@@H](C)[C@@](O)(O2)C(=O)C(=O)N2CCCC[C@H]2C(=O)O[C@H]([C@H](C)C[C@@H]2CC[C@@H](OCCCS(C)(=O)=O)[C@H](OC)C2)CC(=O)[C@H](C)/C=C(\C)[C@@H](O)[C@@H](OC)C(=O)[C@H](C)C[C@H](C)/C=C/C=C/C=C/1C. The molecule has 4 aliphatic rings. The summed E-state index contributed by atoms with van der Waals surface area (Å²) in [4.78, 5) is 72.4. The van der Waals surface area contributed by atoms with Crippen molar-refractivity contribution in [3.8, 4) is 0 Å². The molecule has 3 heterocycles. The van der Waals surface area contributed by atoms with Crippen LogP contribution in [0, 0.1) is 35.5 Å². The van der Waals surface area contributed by atoms with E-state index in [4.69, 9.17) is 28.4 Å². The Morgan fingerprint density at radius 2 is 1.58 bits per heavy atom. The maximum atomic E-state index is 14.5. The molecule has 3 aliphatic heterocycles. The van der Waals surface area contributed by atoms with Gasteiger partial charge in [-0.05, 0) is 113 Å². The number of Topliss-reactive ketones (excluding diaryl/α,β-unsaturated/α-hetero) is 3. The lowest BCUT2D eigenvalue weighted by molar-refractivity contribution is -0.265. The van der Waals surface area contributed by atoms with Crippen LogP contribution in [-0.2, 0) is 62.2 Å². The highest BCUT2D eigenvalue weighted by Gasteiger charge is 2.53. The lowest BCUT2D eigenvalue weighted by Gasteiger charge is -2.42. The molecule has 2 bridgehead atoms. The Labute approximate surface area is 429 Å². The Morgan fingerprint density at radius 1 is 0.861 bits per heavy atom. The Balaban J connectivity index is 1.67. The number of carbonyl (C=O) groups is 5. The number of aliphatic hydroxyl groups excluding tert-OH is 1. The predicted molar refractivity (Wildman–Crippen MR) is 273 cm³/mol. The van der Waals surface area contributed by atoms with Gasteiger partial charge in [-0.1, -0.05) is 71.1 Å². The van der Waals surface area contributed by atoms with E-state index in [0.29, 0.717) is 69.8 Å². The monoisotopic (exact) mass is 1030 g/mol. The lowest BCUT2D eigenvalue weighted by atomic mass is 9.78. The van der Waals surface area contributed by atoms with Crippen molar-refractivity contribution in [2.24, 2.45) is 35.5 Å². The molecule has 2 saturated heterocycles. The van der Waals surface area contributed by atoms with Gasteiger partial charge in [-0.3, -0.25) is 19.2 Å². The number of esters is 1. The van der Waals surface area contributed by atoms with Gasteiger partial charge in [-0.25, -0.2) is 13.2 Å². The maximum absolute atomic E-state index is 14.5. The number of ketones is 3. The number of hydrogen-bond acceptors (Lipinski definition) is 15. The average molecular weight is 1030 g/mol. The average Bonchev–Trinajstić information content (AvgIpc) is 3.34. The molecule has 0 radical (unpaired) electrons. The minimum Gasteiger partial charge on any atom is -0.460 e. The van der Waals surface area contributed by atoms with E-state index >= 15 is 0 Å². The van der Waals surface area contributed by atoms with Crippen LogP contribution in [0.3, 0.4) is 0 Å². The van der Waals surface area contributed by atoms with Crippen molar-refractivity contribution in [3.63, 3.8) is 0 Å². The second-order valence-corrected chi connectivity index (χ2v) is 23.7. The molecule has 0 spiro atoms. The number of cyclic esters (lactones) is 1. The number of nitrogens with zero attached hydrogens (tertiary/aromatic N) is 1. The highest BCUT2D eigenvalue weighted by Crippen LogP contribution is 2.38. The number of aliphatic hydroxyl groups is 2. The van der Waals surface area contributed by atoms with Crippen LogP contribution in [0.25, 0.3) is 0 Å². The van der Waals surface area contributed by atoms with Gasteiger partial charge in [-0.15, -0.1) is 0 Å². The molecule has 15 atom stereocenters. The minimum atomic E-state index is -3.12. The number of allylic oxidation sites excluding steroid dienone is 6. The van der Waals surface area contributed by atoms with Crippen LogP contribution in [-0.4, -0.2) is 154 Å². The number of ether oxygens (including phenoxy) is 6. The van der Waals surface area contributed by atoms with Gasteiger partial charge >= 0.3 is 5.97 Å². The number of carbonyl (C=O) groups excluding carboxylic acids is 5. The van der Waals surface area contributed by atoms with Gasteiger partial charge in [0.05, 0.1) is 30.2 Å². The second-order valence-electron chi connectivity index (χ2n) is 21.4. The van der Waals surface area contributed by atoms with Gasteiger partial charge in [0.1, 0.15) is 40.0 Å². The third-order valence-corrected chi connectivity index (χ3v) is 16.5. The van der Waals surface area contributed by atoms with Crippen molar-refractivity contribution in [3.05, 3.63) is 47.6 Å². The number of amides is 1. The number of methoxy groups -OCH3 is 3. The Hall–Kier alpha value is -3.42. The van der Waals surface area contributed by atoms with E-state index in [1.165, 1.54) is 18.3 Å². The van der Waals surface area contributed by atoms with Crippen molar-refractivity contribution in [1.29, 1.82) is 0 Å². The van der Waals surface area contributed by atoms with Crippen LogP contribution in [0.4, 0.5) is 0 Å². The van der Waals surface area contributed by atoms with Crippen molar-refractivity contribution >= 4 is 39.1 Å². The van der Waals surface area contributed by atoms with Gasteiger partial charge in [0, 0.05) is 71.3 Å². The predicted octanol–water partition coefficient (Wildman–Crippen LogP) is 6.64. The Bertz CT molecular complexity index is 2070. The van der Waals surface area contributed by atoms with Crippen molar-refractivity contribution in [2.45, 2.75) is 186 Å². The largest absolute Gasteiger partial charge is 0.460 e. The van der Waals surface area contributed by atoms with E-state index in [-0.39, 0.29) is 73.3 Å². The van der Waals surface area contributed by atoms with E-state index in [0.717, 1.165) is 12.0 Å². The van der Waals surface area contributed by atoms with Crippen LogP contribution in [0.5, 0.6) is 0 Å². The van der Waals surface area contributed by atoms with Crippen LogP contribution in [0.15, 0.2) is 47.6 Å². The fourth-order valence-electron chi connectivity index (χ4n) is 10.8. The number of piperidine rings is 1. The molecular weight excluding hydrogens is 947 g/mol. The molecule has 0 aromatic heterocycles. The van der Waals surface area contributed by atoms with Gasteiger partial charge in [0.25, 0.3) is 11.7 Å². The number of sulfone groups is 1. The lowest BCUT2D eigenvalue weighted by Crippen LogP contribution is -2.61. The summed E-state index contributed by atoms with van der Waals surface area (Å²) in [6.45, 7) is 13.0. The number of hydrogen-bond donors (Lipinski definition) is 2. The van der Waals surface area contributed by atoms with E-state index < -0.39 is 87.6 Å². The molecule has 2 N–H and O–H groups in total. The fourth-order valence-corrected chi connectivity index (χ4v) is 11.5. The molecule has 0 aromatic carbocycles. The second kappa shape index (κ2) is 28.5. The zero-order valence-corrected chi connectivity index (χ0v) is 45.7. The molecule has 72 heavy (non-hydrogen) atoms. The van der Waals surface area contributed by atoms with Crippen molar-refractivity contribution in [1.82, 2.24) is 4.90 Å². The molecule has 1 amide bonds. The van der Waals surface area contributed by atoms with E-state index in [9.17, 15) is 42.6 Å². The molecular formula is C55H87NO15S. The van der Waals surface area contributed by atoms with E-state index in [1.807, 2.05) is 58.1 Å². The smallest absolute Gasteiger partial charge is 0.329 e. The van der Waals surface area contributed by atoms with Crippen LogP contribution < -0.4 is 0 Å². The fraction of sp³-hybridized carbons (Fsp3) is 0.764. The van der Waals surface area contributed by atoms with E-state index in [1.54, 1.807) is 41.1 Å². The topological polar surface area (TPSA) is 219 Å². The van der Waals surface area contributed by atoms with Crippen molar-refractivity contribution < 1.29 is 71.0 Å². The first kappa shape index (κ1) is 61.1. The summed E-state index contributed by atoms with van der Waals surface area (Å²) in [7, 11) is 1.43. The van der Waals surface area contributed by atoms with Gasteiger partial charge in [0.2, 0.25) is 5.79 Å². The third-order valence-electron chi connectivity index (χ3n) is 15.4. The van der Waals surface area contributed by atoms with Crippen molar-refractivity contribution in [2.75, 3.05) is 46.5 Å². The van der Waals surface area contributed by atoms with Crippen LogP contribution in [0.1, 0.15) is 132 Å². The third kappa shape index (κ3) is 17.3. The zero-order valence-electron chi connectivity index (χ0n) is 44.9. The summed E-state index contributed by atoms with van der Waals surface area (Å²) in [5.74, 6) is -8.16.